The number of rotatable bonds is 15. The lowest BCUT2D eigenvalue weighted by Gasteiger charge is -2.18. The van der Waals surface area contributed by atoms with Gasteiger partial charge in [0.05, 0.1) is 19.8 Å². The number of benzene rings is 4. The maximum atomic E-state index is 10.6. The van der Waals surface area contributed by atoms with Crippen molar-refractivity contribution in [2.75, 3.05) is 19.8 Å². The number of hydrogen-bond acceptors (Lipinski definition) is 4. The normalized spacial score (nSPS) is 10.7. The van der Waals surface area contributed by atoms with Crippen LogP contribution < -0.4 is 14.2 Å². The quantitative estimate of drug-likeness (QED) is 0.174. The smallest absolute Gasteiger partial charge is 0.207 e. The zero-order chi connectivity index (χ0) is 25.5. The highest BCUT2D eigenvalue weighted by Gasteiger charge is 2.18. The Bertz CT molecular complexity index is 1180. The van der Waals surface area contributed by atoms with Crippen LogP contribution in [-0.2, 0) is 19.3 Å². The zero-order valence-corrected chi connectivity index (χ0v) is 21.4. The third-order valence-corrected chi connectivity index (χ3v) is 6.16. The average molecular weight is 497 g/mol. The molecule has 0 unspecified atom stereocenters. The molecular formula is C33H36O4. The maximum Gasteiger partial charge on any atom is 0.207 e. The van der Waals surface area contributed by atoms with Crippen LogP contribution in [0.1, 0.15) is 36.0 Å². The molecule has 0 amide bonds. The van der Waals surface area contributed by atoms with E-state index in [1.807, 2.05) is 42.5 Å². The molecule has 0 spiro atoms. The van der Waals surface area contributed by atoms with Gasteiger partial charge in [0, 0.05) is 0 Å². The molecule has 192 valence electrons. The van der Waals surface area contributed by atoms with E-state index in [-0.39, 0.29) is 5.75 Å². The maximum absolute atomic E-state index is 10.6. The Morgan fingerprint density at radius 1 is 0.432 bits per heavy atom. The van der Waals surface area contributed by atoms with Crippen molar-refractivity contribution in [2.45, 2.75) is 38.5 Å². The van der Waals surface area contributed by atoms with Crippen LogP contribution in [0.4, 0.5) is 0 Å². The van der Waals surface area contributed by atoms with Crippen molar-refractivity contribution < 1.29 is 19.3 Å². The van der Waals surface area contributed by atoms with Gasteiger partial charge in [0.25, 0.3) is 0 Å². The van der Waals surface area contributed by atoms with E-state index >= 15 is 0 Å². The van der Waals surface area contributed by atoms with Gasteiger partial charge in [-0.15, -0.1) is 0 Å². The van der Waals surface area contributed by atoms with Gasteiger partial charge in [0.15, 0.2) is 11.5 Å². The molecule has 0 heterocycles. The van der Waals surface area contributed by atoms with Gasteiger partial charge in [0.1, 0.15) is 0 Å². The van der Waals surface area contributed by atoms with Crippen LogP contribution in [-0.4, -0.2) is 24.9 Å². The summed E-state index contributed by atoms with van der Waals surface area (Å²) in [4.78, 5) is 0. The average Bonchev–Trinajstić information content (AvgIpc) is 2.95. The van der Waals surface area contributed by atoms with Crippen LogP contribution in [0.25, 0.3) is 0 Å². The lowest BCUT2D eigenvalue weighted by atomic mass is 10.1. The van der Waals surface area contributed by atoms with Gasteiger partial charge in [-0.3, -0.25) is 0 Å². The van der Waals surface area contributed by atoms with Gasteiger partial charge >= 0.3 is 0 Å². The molecule has 4 nitrogen and oxygen atoms in total. The Labute approximate surface area is 220 Å². The molecule has 0 aliphatic carbocycles. The summed E-state index contributed by atoms with van der Waals surface area (Å²) in [5, 5.41) is 10.6. The minimum atomic E-state index is 0.0643. The first-order valence-electron chi connectivity index (χ1n) is 13.2. The molecule has 4 aromatic carbocycles. The molecule has 0 fully saturated rings. The van der Waals surface area contributed by atoms with E-state index in [1.54, 1.807) is 12.1 Å². The molecule has 0 saturated carbocycles. The Kier molecular flexibility index (Phi) is 10.3. The largest absolute Gasteiger partial charge is 0.504 e. The SMILES string of the molecule is Oc1ccc(OCCCc2ccccc2)c(OCCCc2ccccc2)c1OCCCc1ccccc1. The van der Waals surface area contributed by atoms with Gasteiger partial charge in [-0.2, -0.15) is 0 Å². The second kappa shape index (κ2) is 14.6. The molecule has 4 heteroatoms. The Morgan fingerprint density at radius 3 is 1.30 bits per heavy atom. The van der Waals surface area contributed by atoms with Crippen LogP contribution in [0, 0.1) is 0 Å². The lowest BCUT2D eigenvalue weighted by Crippen LogP contribution is -2.07. The summed E-state index contributed by atoms with van der Waals surface area (Å²) in [6.07, 6.45) is 5.32. The molecule has 0 aliphatic heterocycles. The van der Waals surface area contributed by atoms with Crippen LogP contribution in [0.3, 0.4) is 0 Å². The monoisotopic (exact) mass is 496 g/mol. The predicted octanol–water partition coefficient (Wildman–Crippen LogP) is 7.43. The topological polar surface area (TPSA) is 47.9 Å². The van der Waals surface area contributed by atoms with Crippen LogP contribution >= 0.6 is 0 Å². The van der Waals surface area contributed by atoms with E-state index in [2.05, 4.69) is 48.5 Å². The first-order valence-corrected chi connectivity index (χ1v) is 13.2. The van der Waals surface area contributed by atoms with Crippen molar-refractivity contribution in [1.29, 1.82) is 0 Å². The fraction of sp³-hybridized carbons (Fsp3) is 0.273. The number of aromatic hydroxyl groups is 1. The number of aryl methyl sites for hydroxylation is 3. The zero-order valence-electron chi connectivity index (χ0n) is 21.4. The number of phenols is 1. The third kappa shape index (κ3) is 8.60. The second-order valence-corrected chi connectivity index (χ2v) is 9.05. The predicted molar refractivity (Wildman–Crippen MR) is 149 cm³/mol. The molecule has 0 bridgehead atoms. The summed E-state index contributed by atoms with van der Waals surface area (Å²) in [6.45, 7) is 1.52. The van der Waals surface area contributed by atoms with Crippen molar-refractivity contribution in [3.05, 3.63) is 120 Å². The van der Waals surface area contributed by atoms with Crippen LogP contribution in [0.2, 0.25) is 0 Å². The van der Waals surface area contributed by atoms with Crippen molar-refractivity contribution >= 4 is 0 Å². The van der Waals surface area contributed by atoms with Gasteiger partial charge in [-0.1, -0.05) is 91.0 Å². The van der Waals surface area contributed by atoms with E-state index in [9.17, 15) is 5.11 Å². The van der Waals surface area contributed by atoms with Gasteiger partial charge in [-0.25, -0.2) is 0 Å². The fourth-order valence-corrected chi connectivity index (χ4v) is 4.22. The first kappa shape index (κ1) is 26.2. The third-order valence-electron chi connectivity index (χ3n) is 6.16. The minimum Gasteiger partial charge on any atom is -0.504 e. The van der Waals surface area contributed by atoms with E-state index in [0.717, 1.165) is 38.5 Å². The van der Waals surface area contributed by atoms with Gasteiger partial charge < -0.3 is 19.3 Å². The molecule has 0 aliphatic rings. The second-order valence-electron chi connectivity index (χ2n) is 9.05. The van der Waals surface area contributed by atoms with Crippen molar-refractivity contribution in [3.63, 3.8) is 0 Å². The van der Waals surface area contributed by atoms with Gasteiger partial charge in [-0.05, 0) is 67.3 Å². The summed E-state index contributed by atoms with van der Waals surface area (Å²) >= 11 is 0. The highest BCUT2D eigenvalue weighted by Crippen LogP contribution is 2.44. The van der Waals surface area contributed by atoms with E-state index < -0.39 is 0 Å². The highest BCUT2D eigenvalue weighted by atomic mass is 16.5. The Morgan fingerprint density at radius 2 is 0.838 bits per heavy atom. The van der Waals surface area contributed by atoms with E-state index in [4.69, 9.17) is 14.2 Å². The summed E-state index contributed by atoms with van der Waals surface area (Å²) in [5.74, 6) is 1.50. The summed E-state index contributed by atoms with van der Waals surface area (Å²) in [6, 6.07) is 34.5. The minimum absolute atomic E-state index is 0.0643. The summed E-state index contributed by atoms with van der Waals surface area (Å²) in [7, 11) is 0. The van der Waals surface area contributed by atoms with E-state index in [1.165, 1.54) is 16.7 Å². The molecule has 0 saturated heterocycles. The molecule has 0 aromatic heterocycles. The summed E-state index contributed by atoms with van der Waals surface area (Å²) < 4.78 is 18.4. The van der Waals surface area contributed by atoms with Crippen molar-refractivity contribution in [2.24, 2.45) is 0 Å². The fourth-order valence-electron chi connectivity index (χ4n) is 4.22. The lowest BCUT2D eigenvalue weighted by molar-refractivity contribution is 0.231. The molecule has 0 atom stereocenters. The number of ether oxygens (including phenoxy) is 3. The molecule has 4 aromatic rings. The Hall–Kier alpha value is -3.92. The van der Waals surface area contributed by atoms with Crippen molar-refractivity contribution in [1.82, 2.24) is 0 Å². The Balaban J connectivity index is 1.37. The molecular weight excluding hydrogens is 460 g/mol. The van der Waals surface area contributed by atoms with E-state index in [0.29, 0.717) is 37.1 Å². The number of hydrogen-bond donors (Lipinski definition) is 1. The molecule has 4 rings (SSSR count). The molecule has 1 N–H and O–H groups in total. The molecule has 0 radical (unpaired) electrons. The standard InChI is InChI=1S/C33H36O4/c34-30-22-23-31(35-24-10-19-27-13-4-1-5-14-27)33(37-26-12-21-29-17-8-3-9-18-29)32(30)36-25-11-20-28-15-6-2-7-16-28/h1-9,13-18,22-23,34H,10-12,19-21,24-26H2. The number of phenolic OH excluding ortho intramolecular Hbond substituents is 1. The molecule has 37 heavy (non-hydrogen) atoms. The first-order chi connectivity index (χ1) is 18.3. The van der Waals surface area contributed by atoms with Crippen LogP contribution in [0.5, 0.6) is 23.0 Å². The highest BCUT2D eigenvalue weighted by molar-refractivity contribution is 5.58. The summed E-state index contributed by atoms with van der Waals surface area (Å²) in [5.41, 5.74) is 3.83. The van der Waals surface area contributed by atoms with Gasteiger partial charge in [0.2, 0.25) is 11.5 Å². The van der Waals surface area contributed by atoms with Crippen molar-refractivity contribution in [3.8, 4) is 23.0 Å². The van der Waals surface area contributed by atoms with Crippen LogP contribution in [0.15, 0.2) is 103 Å².